The summed E-state index contributed by atoms with van der Waals surface area (Å²) in [6.07, 6.45) is 6.25. The number of carbonyl (C=O) groups is 1. The van der Waals surface area contributed by atoms with E-state index in [1.807, 2.05) is 0 Å². The standard InChI is InChI=1S/C20H24N4O4/c1-14-13-18(25)19(20(26)22(2)15-9-5-3-4-6-10-15)21-23(14)16-11-7-8-12-17(16)24(27)28/h7-8,11-13,15H,3-6,9-10H2,1-2H3. The van der Waals surface area contributed by atoms with Crippen molar-refractivity contribution in [3.63, 3.8) is 0 Å². The Morgan fingerprint density at radius 2 is 1.86 bits per heavy atom. The van der Waals surface area contributed by atoms with Crippen LogP contribution in [0.25, 0.3) is 5.69 Å². The molecule has 28 heavy (non-hydrogen) atoms. The van der Waals surface area contributed by atoms with Gasteiger partial charge in [0.05, 0.1) is 4.92 Å². The molecule has 1 aliphatic rings. The number of aryl methyl sites for hydroxylation is 1. The number of carbonyl (C=O) groups excluding carboxylic acids is 1. The van der Waals surface area contributed by atoms with Crippen LogP contribution in [-0.4, -0.2) is 38.6 Å². The van der Waals surface area contributed by atoms with E-state index in [-0.39, 0.29) is 23.1 Å². The first-order chi connectivity index (χ1) is 13.4. The van der Waals surface area contributed by atoms with E-state index in [1.54, 1.807) is 37.1 Å². The van der Waals surface area contributed by atoms with Crippen LogP contribution in [0, 0.1) is 17.0 Å². The van der Waals surface area contributed by atoms with Crippen LogP contribution in [-0.2, 0) is 0 Å². The minimum absolute atomic E-state index is 0.0806. The van der Waals surface area contributed by atoms with Gasteiger partial charge in [-0.15, -0.1) is 0 Å². The number of hydrogen-bond donors (Lipinski definition) is 0. The third-order valence-corrected chi connectivity index (χ3v) is 5.31. The molecule has 148 valence electrons. The van der Waals surface area contributed by atoms with Gasteiger partial charge in [0.2, 0.25) is 5.43 Å². The van der Waals surface area contributed by atoms with Gasteiger partial charge in [-0.1, -0.05) is 37.8 Å². The minimum atomic E-state index is -0.506. The lowest BCUT2D eigenvalue weighted by Gasteiger charge is -2.27. The molecule has 1 heterocycles. The van der Waals surface area contributed by atoms with Gasteiger partial charge in [0.15, 0.2) is 5.69 Å². The molecule has 3 rings (SSSR count). The summed E-state index contributed by atoms with van der Waals surface area (Å²) in [5.41, 5.74) is -0.185. The Bertz CT molecular complexity index is 945. The van der Waals surface area contributed by atoms with Crippen LogP contribution >= 0.6 is 0 Å². The summed E-state index contributed by atoms with van der Waals surface area (Å²) < 4.78 is 1.30. The van der Waals surface area contributed by atoms with Crippen LogP contribution in [0.1, 0.15) is 54.7 Å². The third kappa shape index (κ3) is 3.95. The molecule has 0 bridgehead atoms. The molecule has 0 spiro atoms. The lowest BCUT2D eigenvalue weighted by molar-refractivity contribution is -0.384. The number of para-hydroxylation sites is 2. The number of rotatable bonds is 4. The normalized spacial score (nSPS) is 15.1. The van der Waals surface area contributed by atoms with Crippen molar-refractivity contribution >= 4 is 11.6 Å². The average Bonchev–Trinajstić information content (AvgIpc) is 2.96. The van der Waals surface area contributed by atoms with Gasteiger partial charge in [0.1, 0.15) is 5.69 Å². The minimum Gasteiger partial charge on any atom is -0.337 e. The maximum absolute atomic E-state index is 13.0. The van der Waals surface area contributed by atoms with Gasteiger partial charge >= 0.3 is 0 Å². The first-order valence-electron chi connectivity index (χ1n) is 9.52. The van der Waals surface area contributed by atoms with Crippen LogP contribution < -0.4 is 5.43 Å². The molecule has 0 atom stereocenters. The second kappa shape index (κ2) is 8.33. The second-order valence-corrected chi connectivity index (χ2v) is 7.22. The Balaban J connectivity index is 2.01. The molecule has 8 heteroatoms. The number of aromatic nitrogens is 2. The smallest absolute Gasteiger partial charge is 0.294 e. The molecule has 1 amide bonds. The quantitative estimate of drug-likeness (QED) is 0.458. The van der Waals surface area contributed by atoms with Gasteiger partial charge in [-0.05, 0) is 25.8 Å². The van der Waals surface area contributed by atoms with Gasteiger partial charge in [-0.3, -0.25) is 19.7 Å². The topological polar surface area (TPSA) is 98.3 Å². The average molecular weight is 384 g/mol. The summed E-state index contributed by atoms with van der Waals surface area (Å²) >= 11 is 0. The molecule has 1 aromatic carbocycles. The first-order valence-corrected chi connectivity index (χ1v) is 9.52. The van der Waals surface area contributed by atoms with E-state index in [1.165, 1.54) is 16.8 Å². The predicted molar refractivity (Wildman–Crippen MR) is 105 cm³/mol. The van der Waals surface area contributed by atoms with E-state index in [0.717, 1.165) is 38.5 Å². The molecule has 1 saturated carbocycles. The van der Waals surface area contributed by atoms with E-state index in [4.69, 9.17) is 0 Å². The Morgan fingerprint density at radius 1 is 1.21 bits per heavy atom. The lowest BCUT2D eigenvalue weighted by Crippen LogP contribution is -2.40. The zero-order chi connectivity index (χ0) is 20.3. The Labute approximate surface area is 162 Å². The molecule has 1 fully saturated rings. The SMILES string of the molecule is Cc1cc(=O)c(C(=O)N(C)C2CCCCCC2)nn1-c1ccccc1[N+](=O)[O-]. The second-order valence-electron chi connectivity index (χ2n) is 7.22. The number of nitro groups is 1. The first kappa shape index (κ1) is 19.7. The van der Waals surface area contributed by atoms with Gasteiger partial charge < -0.3 is 4.90 Å². The van der Waals surface area contributed by atoms with E-state index < -0.39 is 16.3 Å². The highest BCUT2D eigenvalue weighted by molar-refractivity contribution is 5.92. The summed E-state index contributed by atoms with van der Waals surface area (Å²) in [6, 6.07) is 7.51. The molecule has 1 aliphatic carbocycles. The van der Waals surface area contributed by atoms with Crippen LogP contribution in [0.2, 0.25) is 0 Å². The zero-order valence-electron chi connectivity index (χ0n) is 16.1. The van der Waals surface area contributed by atoms with Gasteiger partial charge in [0, 0.05) is 30.9 Å². The summed E-state index contributed by atoms with van der Waals surface area (Å²) in [5, 5.41) is 15.6. The summed E-state index contributed by atoms with van der Waals surface area (Å²) in [5.74, 6) is -0.441. The van der Waals surface area contributed by atoms with Crippen LogP contribution in [0.15, 0.2) is 35.1 Å². The van der Waals surface area contributed by atoms with Crippen molar-refractivity contribution in [1.82, 2.24) is 14.7 Å². The predicted octanol–water partition coefficient (Wildman–Crippen LogP) is 3.24. The summed E-state index contributed by atoms with van der Waals surface area (Å²) in [4.78, 5) is 38.0. The molecule has 1 aromatic heterocycles. The fraction of sp³-hybridized carbons (Fsp3) is 0.450. The number of hydrogen-bond acceptors (Lipinski definition) is 5. The van der Waals surface area contributed by atoms with Crippen LogP contribution in [0.4, 0.5) is 5.69 Å². The molecule has 2 aromatic rings. The highest BCUT2D eigenvalue weighted by Crippen LogP contribution is 2.24. The maximum Gasteiger partial charge on any atom is 0.294 e. The van der Waals surface area contributed by atoms with Gasteiger partial charge in [-0.25, -0.2) is 4.68 Å². The van der Waals surface area contributed by atoms with Crippen molar-refractivity contribution in [3.05, 3.63) is 62.1 Å². The molecular weight excluding hydrogens is 360 g/mol. The largest absolute Gasteiger partial charge is 0.337 e. The van der Waals surface area contributed by atoms with Crippen molar-refractivity contribution < 1.29 is 9.72 Å². The zero-order valence-corrected chi connectivity index (χ0v) is 16.1. The van der Waals surface area contributed by atoms with Crippen LogP contribution in [0.5, 0.6) is 0 Å². The summed E-state index contributed by atoms with van der Waals surface area (Å²) in [6.45, 7) is 1.63. The molecule has 0 unspecified atom stereocenters. The Kier molecular flexibility index (Phi) is 5.87. The fourth-order valence-corrected chi connectivity index (χ4v) is 3.72. The molecule has 0 aliphatic heterocycles. The maximum atomic E-state index is 13.0. The number of nitro benzene ring substituents is 1. The molecule has 0 N–H and O–H groups in total. The van der Waals surface area contributed by atoms with E-state index in [2.05, 4.69) is 5.10 Å². The molecular formula is C20H24N4O4. The fourth-order valence-electron chi connectivity index (χ4n) is 3.72. The van der Waals surface area contributed by atoms with Gasteiger partial charge in [0.25, 0.3) is 11.6 Å². The molecule has 0 radical (unpaired) electrons. The van der Waals surface area contributed by atoms with E-state index >= 15 is 0 Å². The Hall–Kier alpha value is -3.03. The Morgan fingerprint density at radius 3 is 2.50 bits per heavy atom. The molecule has 8 nitrogen and oxygen atoms in total. The van der Waals surface area contributed by atoms with Crippen molar-refractivity contribution in [2.45, 2.75) is 51.5 Å². The highest BCUT2D eigenvalue weighted by atomic mass is 16.6. The van der Waals surface area contributed by atoms with Crippen molar-refractivity contribution in [2.24, 2.45) is 0 Å². The van der Waals surface area contributed by atoms with E-state index in [0.29, 0.717) is 5.69 Å². The number of nitrogens with zero attached hydrogens (tertiary/aromatic N) is 4. The lowest BCUT2D eigenvalue weighted by atomic mass is 10.1. The van der Waals surface area contributed by atoms with Crippen molar-refractivity contribution in [3.8, 4) is 5.69 Å². The number of benzene rings is 1. The highest BCUT2D eigenvalue weighted by Gasteiger charge is 2.26. The molecule has 0 saturated heterocycles. The van der Waals surface area contributed by atoms with Crippen molar-refractivity contribution in [2.75, 3.05) is 7.05 Å². The van der Waals surface area contributed by atoms with E-state index in [9.17, 15) is 19.7 Å². The third-order valence-electron chi connectivity index (χ3n) is 5.31. The summed E-state index contributed by atoms with van der Waals surface area (Å²) in [7, 11) is 1.70. The monoisotopic (exact) mass is 384 g/mol. The van der Waals surface area contributed by atoms with Crippen molar-refractivity contribution in [1.29, 1.82) is 0 Å². The van der Waals surface area contributed by atoms with Crippen LogP contribution in [0.3, 0.4) is 0 Å². The number of amides is 1. The van der Waals surface area contributed by atoms with Gasteiger partial charge in [-0.2, -0.15) is 5.10 Å².